The Morgan fingerprint density at radius 3 is 3.00 bits per heavy atom. The van der Waals surface area contributed by atoms with E-state index in [1.807, 2.05) is 18.2 Å². The number of nitrogens with two attached hydrogens (primary N) is 1. The summed E-state index contributed by atoms with van der Waals surface area (Å²) >= 11 is 7.64. The first-order valence-corrected chi connectivity index (χ1v) is 5.24. The van der Waals surface area contributed by atoms with Gasteiger partial charge in [0.05, 0.1) is 14.7 Å². The maximum Gasteiger partial charge on any atom is 0.100 e. The molecule has 1 aromatic heterocycles. The Morgan fingerprint density at radius 2 is 2.31 bits per heavy atom. The largest absolute Gasteiger partial charge is 0.330 e. The Kier molecular flexibility index (Phi) is 2.49. The molecule has 2 rings (SSSR count). The van der Waals surface area contributed by atoms with Crippen molar-refractivity contribution in [2.75, 3.05) is 6.54 Å². The first kappa shape index (κ1) is 8.94. The fourth-order valence-electron chi connectivity index (χ4n) is 1.19. The molecule has 0 amide bonds. The van der Waals surface area contributed by atoms with E-state index in [1.54, 1.807) is 11.3 Å². The molecule has 0 saturated heterocycles. The van der Waals surface area contributed by atoms with Gasteiger partial charge in [-0.1, -0.05) is 17.7 Å². The van der Waals surface area contributed by atoms with Crippen molar-refractivity contribution in [3.05, 3.63) is 28.2 Å². The summed E-state index contributed by atoms with van der Waals surface area (Å²) in [5.41, 5.74) is 6.35. The van der Waals surface area contributed by atoms with E-state index in [0.29, 0.717) is 6.54 Å². The molecule has 0 spiro atoms. The molecule has 1 heterocycles. The van der Waals surface area contributed by atoms with Crippen LogP contribution >= 0.6 is 22.9 Å². The highest BCUT2D eigenvalue weighted by Crippen LogP contribution is 2.27. The lowest BCUT2D eigenvalue weighted by Crippen LogP contribution is -2.01. The molecule has 4 heteroatoms. The predicted molar refractivity (Wildman–Crippen MR) is 57.4 cm³/mol. The number of para-hydroxylation sites is 1. The second-order valence-corrected chi connectivity index (χ2v) is 4.26. The Balaban J connectivity index is 2.55. The monoisotopic (exact) mass is 212 g/mol. The molecular formula is C9H9ClN2S. The van der Waals surface area contributed by atoms with Crippen molar-refractivity contribution >= 4 is 33.2 Å². The minimum atomic E-state index is 0.636. The average Bonchev–Trinajstić information content (AvgIpc) is 2.49. The molecule has 68 valence electrons. The van der Waals surface area contributed by atoms with Gasteiger partial charge in [-0.2, -0.15) is 0 Å². The predicted octanol–water partition coefficient (Wildman–Crippen LogP) is 2.45. The maximum absolute atomic E-state index is 5.98. The van der Waals surface area contributed by atoms with Crippen molar-refractivity contribution in [3.8, 4) is 0 Å². The number of hydrogen-bond donors (Lipinski definition) is 1. The number of rotatable bonds is 2. The van der Waals surface area contributed by atoms with Crippen molar-refractivity contribution in [3.63, 3.8) is 0 Å². The molecule has 1 aromatic carbocycles. The Labute approximate surface area is 85.3 Å². The number of nitrogens with zero attached hydrogens (tertiary/aromatic N) is 1. The lowest BCUT2D eigenvalue weighted by molar-refractivity contribution is 0.958. The molecular weight excluding hydrogens is 204 g/mol. The van der Waals surface area contributed by atoms with Crippen molar-refractivity contribution < 1.29 is 0 Å². The molecule has 0 unspecified atom stereocenters. The summed E-state index contributed by atoms with van der Waals surface area (Å²) in [6.45, 7) is 0.636. The van der Waals surface area contributed by atoms with E-state index in [9.17, 15) is 0 Å². The van der Waals surface area contributed by atoms with E-state index in [1.165, 1.54) is 0 Å². The molecule has 2 N–H and O–H groups in total. The zero-order valence-corrected chi connectivity index (χ0v) is 8.53. The summed E-state index contributed by atoms with van der Waals surface area (Å²) in [7, 11) is 0. The Hall–Kier alpha value is -0.640. The van der Waals surface area contributed by atoms with Crippen LogP contribution in [0.4, 0.5) is 0 Å². The minimum Gasteiger partial charge on any atom is -0.330 e. The van der Waals surface area contributed by atoms with E-state index in [2.05, 4.69) is 4.98 Å². The first-order valence-electron chi connectivity index (χ1n) is 4.05. The highest BCUT2D eigenvalue weighted by atomic mass is 35.5. The fourth-order valence-corrected chi connectivity index (χ4v) is 2.47. The van der Waals surface area contributed by atoms with Crippen LogP contribution in [0.2, 0.25) is 5.02 Å². The van der Waals surface area contributed by atoms with Gasteiger partial charge in [-0.3, -0.25) is 0 Å². The van der Waals surface area contributed by atoms with Crippen molar-refractivity contribution in [1.82, 2.24) is 4.98 Å². The SMILES string of the molecule is NCCc1nc2c(Cl)cccc2s1. The molecule has 0 aliphatic carbocycles. The molecule has 0 aliphatic rings. The van der Waals surface area contributed by atoms with Crippen LogP contribution in [0.1, 0.15) is 5.01 Å². The maximum atomic E-state index is 5.98. The molecule has 13 heavy (non-hydrogen) atoms. The summed E-state index contributed by atoms with van der Waals surface area (Å²) in [5.74, 6) is 0. The topological polar surface area (TPSA) is 38.9 Å². The second kappa shape index (κ2) is 3.62. The normalized spacial score (nSPS) is 10.9. The Bertz CT molecular complexity index is 424. The zero-order valence-electron chi connectivity index (χ0n) is 6.96. The van der Waals surface area contributed by atoms with Gasteiger partial charge >= 0.3 is 0 Å². The number of hydrogen-bond acceptors (Lipinski definition) is 3. The van der Waals surface area contributed by atoms with E-state index in [-0.39, 0.29) is 0 Å². The van der Waals surface area contributed by atoms with Gasteiger partial charge < -0.3 is 5.73 Å². The molecule has 0 bridgehead atoms. The third-order valence-corrected chi connectivity index (χ3v) is 3.16. The van der Waals surface area contributed by atoms with Crippen LogP contribution in [0.15, 0.2) is 18.2 Å². The van der Waals surface area contributed by atoms with Gasteiger partial charge in [0.1, 0.15) is 5.52 Å². The summed E-state index contributed by atoms with van der Waals surface area (Å²) in [6, 6.07) is 5.82. The van der Waals surface area contributed by atoms with Gasteiger partial charge in [0, 0.05) is 6.42 Å². The van der Waals surface area contributed by atoms with Gasteiger partial charge in [-0.05, 0) is 18.7 Å². The number of thiazole rings is 1. The van der Waals surface area contributed by atoms with E-state index in [0.717, 1.165) is 26.7 Å². The fraction of sp³-hybridized carbons (Fsp3) is 0.222. The third-order valence-electron chi connectivity index (χ3n) is 1.77. The van der Waals surface area contributed by atoms with Crippen LogP contribution in [0.3, 0.4) is 0 Å². The van der Waals surface area contributed by atoms with Crippen molar-refractivity contribution in [1.29, 1.82) is 0 Å². The highest BCUT2D eigenvalue weighted by Gasteiger charge is 2.05. The number of aromatic nitrogens is 1. The smallest absolute Gasteiger partial charge is 0.100 e. The van der Waals surface area contributed by atoms with Crippen molar-refractivity contribution in [2.24, 2.45) is 5.73 Å². The van der Waals surface area contributed by atoms with Gasteiger partial charge in [0.15, 0.2) is 0 Å². The average molecular weight is 213 g/mol. The molecule has 2 aromatic rings. The highest BCUT2D eigenvalue weighted by molar-refractivity contribution is 7.18. The van der Waals surface area contributed by atoms with Crippen LogP contribution in [0, 0.1) is 0 Å². The van der Waals surface area contributed by atoms with Crippen LogP contribution in [-0.2, 0) is 6.42 Å². The van der Waals surface area contributed by atoms with Gasteiger partial charge in [0.2, 0.25) is 0 Å². The molecule has 2 nitrogen and oxygen atoms in total. The first-order chi connectivity index (χ1) is 6.31. The van der Waals surface area contributed by atoms with E-state index < -0.39 is 0 Å². The standard InChI is InChI=1S/C9H9ClN2S/c10-6-2-1-3-7-9(6)12-8(13-7)4-5-11/h1-3H,4-5,11H2. The molecule has 0 aliphatic heterocycles. The van der Waals surface area contributed by atoms with Gasteiger partial charge in [-0.15, -0.1) is 11.3 Å². The number of benzene rings is 1. The van der Waals surface area contributed by atoms with Gasteiger partial charge in [-0.25, -0.2) is 4.98 Å². The summed E-state index contributed by atoms with van der Waals surface area (Å²) in [4.78, 5) is 4.41. The molecule has 0 fully saturated rings. The van der Waals surface area contributed by atoms with Crippen LogP contribution in [0.5, 0.6) is 0 Å². The Morgan fingerprint density at radius 1 is 1.46 bits per heavy atom. The van der Waals surface area contributed by atoms with Crippen LogP contribution in [-0.4, -0.2) is 11.5 Å². The number of fused-ring (bicyclic) bond motifs is 1. The third kappa shape index (κ3) is 1.68. The molecule has 0 saturated carbocycles. The zero-order chi connectivity index (χ0) is 9.26. The number of halogens is 1. The lowest BCUT2D eigenvalue weighted by atomic mass is 10.3. The van der Waals surface area contributed by atoms with E-state index in [4.69, 9.17) is 17.3 Å². The quantitative estimate of drug-likeness (QED) is 0.831. The van der Waals surface area contributed by atoms with Crippen molar-refractivity contribution in [2.45, 2.75) is 6.42 Å². The van der Waals surface area contributed by atoms with Crippen LogP contribution < -0.4 is 5.73 Å². The second-order valence-electron chi connectivity index (χ2n) is 2.73. The minimum absolute atomic E-state index is 0.636. The molecule has 0 atom stereocenters. The summed E-state index contributed by atoms with van der Waals surface area (Å²) in [5, 5.41) is 1.78. The van der Waals surface area contributed by atoms with Gasteiger partial charge in [0.25, 0.3) is 0 Å². The summed E-state index contributed by atoms with van der Waals surface area (Å²) < 4.78 is 1.14. The summed E-state index contributed by atoms with van der Waals surface area (Å²) in [6.07, 6.45) is 0.829. The molecule has 0 radical (unpaired) electrons. The lowest BCUT2D eigenvalue weighted by Gasteiger charge is -1.88. The van der Waals surface area contributed by atoms with E-state index >= 15 is 0 Å². The van der Waals surface area contributed by atoms with Crippen LogP contribution in [0.25, 0.3) is 10.2 Å².